The molecule has 1 saturated heterocycles. The number of hydrogen-bond donors (Lipinski definition) is 3. The van der Waals surface area contributed by atoms with Gasteiger partial charge in [0.2, 0.25) is 17.7 Å². The summed E-state index contributed by atoms with van der Waals surface area (Å²) in [7, 11) is 0. The van der Waals surface area contributed by atoms with Gasteiger partial charge in [0.15, 0.2) is 0 Å². The number of hydrogen-bond acceptors (Lipinski definition) is 17. The number of amides is 5. The van der Waals surface area contributed by atoms with Crippen molar-refractivity contribution in [3.05, 3.63) is 59.2 Å². The molecular formula is C48H70N4O16. The second-order valence-corrected chi connectivity index (χ2v) is 15.5. The fraction of sp³-hybridized carbons (Fsp3) is 0.625. The van der Waals surface area contributed by atoms with Gasteiger partial charge in [-0.15, -0.1) is 0 Å². The minimum atomic E-state index is -1.08. The number of rotatable bonds is 40. The zero-order chi connectivity index (χ0) is 48.4. The molecule has 2 aliphatic rings. The lowest BCUT2D eigenvalue weighted by Crippen LogP contribution is -2.54. The van der Waals surface area contributed by atoms with E-state index in [1.165, 1.54) is 6.07 Å². The van der Waals surface area contributed by atoms with Gasteiger partial charge >= 0.3 is 5.97 Å². The van der Waals surface area contributed by atoms with Gasteiger partial charge in [0, 0.05) is 31.7 Å². The molecule has 2 aliphatic heterocycles. The van der Waals surface area contributed by atoms with Crippen molar-refractivity contribution in [2.24, 2.45) is 0 Å². The Balaban J connectivity index is 0.815. The summed E-state index contributed by atoms with van der Waals surface area (Å²) in [6, 6.07) is 10.8. The third kappa shape index (κ3) is 21.6. The highest BCUT2D eigenvalue weighted by molar-refractivity contribution is 6.26. The third-order valence-electron chi connectivity index (χ3n) is 10.4. The first-order valence-corrected chi connectivity index (χ1v) is 23.6. The Kier molecular flexibility index (Phi) is 28.2. The van der Waals surface area contributed by atoms with Crippen LogP contribution in [0.2, 0.25) is 0 Å². The SMILES string of the molecule is CCCCNc1ccc(C(=O)OCCOCCOCCOCCOCCOCCOCCOCCOCCOCCCCCC(=O)Nc2cccc3c2C(=O)N(C2CCC(=O)NC2=O)C3=O)cc1. The van der Waals surface area contributed by atoms with Gasteiger partial charge < -0.3 is 58.0 Å². The Morgan fingerprint density at radius 3 is 1.63 bits per heavy atom. The van der Waals surface area contributed by atoms with Crippen molar-refractivity contribution in [3.63, 3.8) is 0 Å². The number of nitrogens with one attached hydrogen (secondary N) is 3. The summed E-state index contributed by atoms with van der Waals surface area (Å²) >= 11 is 0. The van der Waals surface area contributed by atoms with Crippen LogP contribution in [0.25, 0.3) is 0 Å². The maximum Gasteiger partial charge on any atom is 0.338 e. The molecule has 0 bridgehead atoms. The monoisotopic (exact) mass is 958 g/mol. The van der Waals surface area contributed by atoms with Gasteiger partial charge in [0.25, 0.3) is 11.8 Å². The van der Waals surface area contributed by atoms with E-state index in [2.05, 4.69) is 22.9 Å². The molecule has 0 spiro atoms. The number of anilines is 2. The molecule has 2 heterocycles. The van der Waals surface area contributed by atoms with Crippen LogP contribution in [0.3, 0.4) is 0 Å². The Bertz CT molecular complexity index is 1820. The predicted octanol–water partition coefficient (Wildman–Crippen LogP) is 3.81. The van der Waals surface area contributed by atoms with E-state index in [0.29, 0.717) is 131 Å². The van der Waals surface area contributed by atoms with Crippen LogP contribution in [-0.2, 0) is 61.8 Å². The van der Waals surface area contributed by atoms with Crippen LogP contribution >= 0.6 is 0 Å². The number of benzene rings is 2. The molecule has 4 rings (SSSR count). The highest BCUT2D eigenvalue weighted by Gasteiger charge is 2.45. The van der Waals surface area contributed by atoms with Crippen molar-refractivity contribution >= 4 is 46.9 Å². The molecule has 1 fully saturated rings. The molecule has 3 N–H and O–H groups in total. The van der Waals surface area contributed by atoms with Crippen LogP contribution in [0.5, 0.6) is 0 Å². The molecular weight excluding hydrogens is 889 g/mol. The lowest BCUT2D eigenvalue weighted by molar-refractivity contribution is -0.136. The standard InChI is InChI=1S/C48H70N4O16/c1-2-3-17-49-38-13-11-37(12-14-38)48(58)68-36-35-67-34-33-66-32-31-65-30-29-64-28-27-63-26-25-62-24-23-61-22-21-60-20-19-59-18-6-4-5-10-42(53)50-40-9-7-8-39-44(40)47(57)52(46(39)56)41-15-16-43(54)51-45(41)55/h7-9,11-14,41,49H,2-6,10,15-36H2,1H3,(H,50,53)(H,51,54,55). The number of unbranched alkanes of at least 4 members (excludes halogenated alkanes) is 3. The molecule has 0 aromatic heterocycles. The van der Waals surface area contributed by atoms with E-state index in [0.717, 1.165) is 42.8 Å². The van der Waals surface area contributed by atoms with E-state index in [1.54, 1.807) is 24.3 Å². The Labute approximate surface area is 398 Å². The Hall–Kier alpha value is -4.90. The zero-order valence-corrected chi connectivity index (χ0v) is 39.4. The first-order chi connectivity index (χ1) is 33.3. The molecule has 20 heteroatoms. The summed E-state index contributed by atoms with van der Waals surface area (Å²) in [4.78, 5) is 75.8. The molecule has 0 saturated carbocycles. The summed E-state index contributed by atoms with van der Waals surface area (Å²) in [5.41, 5.74) is 1.86. The van der Waals surface area contributed by atoms with Crippen LogP contribution in [0, 0.1) is 0 Å². The van der Waals surface area contributed by atoms with E-state index in [4.69, 9.17) is 47.4 Å². The number of imide groups is 2. The fourth-order valence-electron chi connectivity index (χ4n) is 6.77. The summed E-state index contributed by atoms with van der Waals surface area (Å²) in [5, 5.41) is 8.22. The molecule has 2 aromatic rings. The highest BCUT2D eigenvalue weighted by atomic mass is 16.6. The van der Waals surface area contributed by atoms with E-state index in [1.807, 2.05) is 12.1 Å². The molecule has 20 nitrogen and oxygen atoms in total. The maximum atomic E-state index is 13.2. The minimum absolute atomic E-state index is 0.0244. The van der Waals surface area contributed by atoms with Crippen LogP contribution in [0.15, 0.2) is 42.5 Å². The Morgan fingerprint density at radius 1 is 0.603 bits per heavy atom. The van der Waals surface area contributed by atoms with Gasteiger partial charge in [-0.25, -0.2) is 4.79 Å². The minimum Gasteiger partial charge on any atom is -0.460 e. The number of piperidine rings is 1. The summed E-state index contributed by atoms with van der Waals surface area (Å²) in [6.07, 6.45) is 4.64. The lowest BCUT2D eigenvalue weighted by atomic mass is 10.0. The van der Waals surface area contributed by atoms with Crippen molar-refractivity contribution in [2.45, 2.75) is 64.3 Å². The number of esters is 1. The quantitative estimate of drug-likeness (QED) is 0.0490. The van der Waals surface area contributed by atoms with E-state index >= 15 is 0 Å². The molecule has 0 aliphatic carbocycles. The van der Waals surface area contributed by atoms with E-state index in [-0.39, 0.29) is 54.6 Å². The largest absolute Gasteiger partial charge is 0.460 e. The first-order valence-electron chi connectivity index (χ1n) is 23.6. The van der Waals surface area contributed by atoms with Gasteiger partial charge in [-0.2, -0.15) is 0 Å². The van der Waals surface area contributed by atoms with Crippen molar-refractivity contribution in [2.75, 3.05) is 143 Å². The van der Waals surface area contributed by atoms with Crippen LogP contribution in [0.4, 0.5) is 11.4 Å². The fourth-order valence-corrected chi connectivity index (χ4v) is 6.77. The molecule has 68 heavy (non-hydrogen) atoms. The molecule has 0 radical (unpaired) electrons. The molecule has 378 valence electrons. The first kappa shape index (κ1) is 55.7. The van der Waals surface area contributed by atoms with Gasteiger partial charge in [0.1, 0.15) is 12.6 Å². The van der Waals surface area contributed by atoms with E-state index in [9.17, 15) is 28.8 Å². The van der Waals surface area contributed by atoms with Gasteiger partial charge in [-0.1, -0.05) is 25.8 Å². The number of carbonyl (C=O) groups is 6. The number of ether oxygens (including phenoxy) is 10. The molecule has 1 unspecified atom stereocenters. The number of nitrogens with zero attached hydrogens (tertiary/aromatic N) is 1. The van der Waals surface area contributed by atoms with Crippen LogP contribution < -0.4 is 16.0 Å². The normalized spacial score (nSPS) is 14.6. The van der Waals surface area contributed by atoms with E-state index < -0.39 is 29.7 Å². The average Bonchev–Trinajstić information content (AvgIpc) is 3.59. The predicted molar refractivity (Wildman–Crippen MR) is 248 cm³/mol. The zero-order valence-electron chi connectivity index (χ0n) is 39.4. The van der Waals surface area contributed by atoms with Gasteiger partial charge in [-0.05, 0) is 62.1 Å². The molecule has 2 aromatic carbocycles. The van der Waals surface area contributed by atoms with Crippen molar-refractivity contribution in [3.8, 4) is 0 Å². The number of carbonyl (C=O) groups excluding carboxylic acids is 6. The highest BCUT2D eigenvalue weighted by Crippen LogP contribution is 2.32. The lowest BCUT2D eigenvalue weighted by Gasteiger charge is -2.27. The van der Waals surface area contributed by atoms with Gasteiger partial charge in [0.05, 0.1) is 135 Å². The summed E-state index contributed by atoms with van der Waals surface area (Å²) in [6.45, 7) is 11.1. The second-order valence-electron chi connectivity index (χ2n) is 15.5. The summed E-state index contributed by atoms with van der Waals surface area (Å²) in [5.74, 6) is -3.11. The third-order valence-corrected chi connectivity index (χ3v) is 10.4. The van der Waals surface area contributed by atoms with Crippen LogP contribution in [0.1, 0.15) is 89.4 Å². The maximum absolute atomic E-state index is 13.2. The molecule has 1 atom stereocenters. The van der Waals surface area contributed by atoms with Crippen molar-refractivity contribution in [1.29, 1.82) is 0 Å². The summed E-state index contributed by atoms with van der Waals surface area (Å²) < 4.78 is 54.9. The van der Waals surface area contributed by atoms with Crippen molar-refractivity contribution < 1.29 is 76.1 Å². The number of fused-ring (bicyclic) bond motifs is 1. The topological polar surface area (TPSA) is 234 Å². The van der Waals surface area contributed by atoms with Crippen LogP contribution in [-0.4, -0.2) is 179 Å². The molecule has 5 amide bonds. The second kappa shape index (κ2) is 34.4. The van der Waals surface area contributed by atoms with Gasteiger partial charge in [-0.3, -0.25) is 34.2 Å². The Morgan fingerprint density at radius 2 is 1.12 bits per heavy atom. The smallest absolute Gasteiger partial charge is 0.338 e. The van der Waals surface area contributed by atoms with Crippen molar-refractivity contribution in [1.82, 2.24) is 10.2 Å². The average molecular weight is 959 g/mol.